The molecule has 1 atom stereocenters. The number of halogens is 1. The number of fused-ring (bicyclic) bond motifs is 1. The maximum Gasteiger partial charge on any atom is 0.281 e. The van der Waals surface area contributed by atoms with Crippen LogP contribution in [-0.4, -0.2) is 23.1 Å². The third-order valence-corrected chi connectivity index (χ3v) is 5.58. The molecule has 0 aliphatic rings. The SMILES string of the molecule is CCC(C)Oc1ccc(C=NNC(=O)c2cc3cc([N+](=O)[O-])ccc3s2)cc1Cl. The highest BCUT2D eigenvalue weighted by Crippen LogP contribution is 2.29. The van der Waals surface area contributed by atoms with Crippen molar-refractivity contribution in [1.82, 2.24) is 5.43 Å². The standard InChI is InChI=1S/C20H18ClN3O4S/c1-3-12(2)28-17-6-4-13(8-16(17)21)11-22-23-20(25)19-10-14-9-15(24(26)27)5-7-18(14)29-19/h4-12H,3H2,1-2H3,(H,23,25). The monoisotopic (exact) mass is 431 g/mol. The normalized spacial score (nSPS) is 12.2. The predicted molar refractivity (Wildman–Crippen MR) is 115 cm³/mol. The number of carbonyl (C=O) groups excluding carboxylic acids is 1. The van der Waals surface area contributed by atoms with Gasteiger partial charge in [0, 0.05) is 22.2 Å². The van der Waals surface area contributed by atoms with Crippen molar-refractivity contribution in [1.29, 1.82) is 0 Å². The van der Waals surface area contributed by atoms with Crippen LogP contribution >= 0.6 is 22.9 Å². The zero-order valence-electron chi connectivity index (χ0n) is 15.7. The second kappa shape index (κ2) is 9.02. The molecule has 1 heterocycles. The molecule has 0 aliphatic carbocycles. The third-order valence-electron chi connectivity index (χ3n) is 4.17. The number of hydrazone groups is 1. The summed E-state index contributed by atoms with van der Waals surface area (Å²) in [6.45, 7) is 3.99. The molecule has 1 amide bonds. The first-order valence-electron chi connectivity index (χ1n) is 8.85. The Hall–Kier alpha value is -2.97. The summed E-state index contributed by atoms with van der Waals surface area (Å²) in [7, 11) is 0. The highest BCUT2D eigenvalue weighted by molar-refractivity contribution is 7.20. The van der Waals surface area contributed by atoms with Crippen LogP contribution in [0.4, 0.5) is 5.69 Å². The van der Waals surface area contributed by atoms with Crippen LogP contribution in [0.3, 0.4) is 0 Å². The molecule has 2 aromatic carbocycles. The lowest BCUT2D eigenvalue weighted by atomic mass is 10.2. The number of hydrogen-bond acceptors (Lipinski definition) is 6. The van der Waals surface area contributed by atoms with Crippen molar-refractivity contribution in [2.45, 2.75) is 26.4 Å². The number of nitro benzene ring substituents is 1. The van der Waals surface area contributed by atoms with E-state index in [0.29, 0.717) is 26.6 Å². The van der Waals surface area contributed by atoms with Crippen LogP contribution in [0, 0.1) is 10.1 Å². The van der Waals surface area contributed by atoms with E-state index in [9.17, 15) is 14.9 Å². The topological polar surface area (TPSA) is 93.8 Å². The van der Waals surface area contributed by atoms with Crippen LogP contribution in [0.15, 0.2) is 47.6 Å². The van der Waals surface area contributed by atoms with Crippen LogP contribution in [0.5, 0.6) is 5.75 Å². The third kappa shape index (κ3) is 5.10. The van der Waals surface area contributed by atoms with E-state index in [4.69, 9.17) is 16.3 Å². The summed E-state index contributed by atoms with van der Waals surface area (Å²) in [6.07, 6.45) is 2.42. The lowest BCUT2D eigenvalue weighted by Crippen LogP contribution is -2.16. The fourth-order valence-corrected chi connectivity index (χ4v) is 3.64. The smallest absolute Gasteiger partial charge is 0.281 e. The van der Waals surface area contributed by atoms with Crippen molar-refractivity contribution >= 4 is 50.8 Å². The number of amides is 1. The summed E-state index contributed by atoms with van der Waals surface area (Å²) in [6, 6.07) is 11.3. The number of nitro groups is 1. The van der Waals surface area contributed by atoms with E-state index < -0.39 is 10.8 Å². The molecule has 0 fully saturated rings. The first-order valence-corrected chi connectivity index (χ1v) is 10.0. The minimum absolute atomic E-state index is 0.0158. The first kappa shape index (κ1) is 20.8. The van der Waals surface area contributed by atoms with Gasteiger partial charge in [0.15, 0.2) is 0 Å². The zero-order valence-corrected chi connectivity index (χ0v) is 17.3. The Morgan fingerprint density at radius 3 is 2.83 bits per heavy atom. The van der Waals surface area contributed by atoms with Crippen LogP contribution in [-0.2, 0) is 0 Å². The average molecular weight is 432 g/mol. The number of ether oxygens (including phenoxy) is 1. The molecule has 9 heteroatoms. The van der Waals surface area contributed by atoms with Gasteiger partial charge in [-0.15, -0.1) is 11.3 Å². The molecule has 29 heavy (non-hydrogen) atoms. The average Bonchev–Trinajstić information content (AvgIpc) is 3.13. The minimum atomic E-state index is -0.467. The van der Waals surface area contributed by atoms with Crippen molar-refractivity contribution in [3.05, 3.63) is 68.0 Å². The molecular formula is C20H18ClN3O4S. The maximum atomic E-state index is 12.3. The van der Waals surface area contributed by atoms with E-state index in [1.807, 2.05) is 13.8 Å². The Labute approximate surface area is 176 Å². The molecular weight excluding hydrogens is 414 g/mol. The number of hydrogen-bond donors (Lipinski definition) is 1. The molecule has 3 aromatic rings. The lowest BCUT2D eigenvalue weighted by molar-refractivity contribution is -0.384. The number of nitrogens with zero attached hydrogens (tertiary/aromatic N) is 2. The first-order chi connectivity index (χ1) is 13.9. The van der Waals surface area contributed by atoms with Gasteiger partial charge in [0.1, 0.15) is 5.75 Å². The molecule has 3 rings (SSSR count). The summed E-state index contributed by atoms with van der Waals surface area (Å²) in [5.74, 6) is 0.203. The molecule has 0 saturated heterocycles. The van der Waals surface area contributed by atoms with Gasteiger partial charge >= 0.3 is 0 Å². The van der Waals surface area contributed by atoms with Gasteiger partial charge in [-0.3, -0.25) is 14.9 Å². The molecule has 0 radical (unpaired) electrons. The van der Waals surface area contributed by atoms with Gasteiger partial charge in [0.25, 0.3) is 11.6 Å². The molecule has 0 bridgehead atoms. The molecule has 0 spiro atoms. The van der Waals surface area contributed by atoms with Crippen LogP contribution in [0.2, 0.25) is 5.02 Å². The zero-order chi connectivity index (χ0) is 21.0. The number of thiophene rings is 1. The second-order valence-corrected chi connectivity index (χ2v) is 7.81. The Balaban J connectivity index is 1.67. The van der Waals surface area contributed by atoms with Gasteiger partial charge in [-0.05, 0) is 49.2 Å². The van der Waals surface area contributed by atoms with E-state index in [0.717, 1.165) is 11.1 Å². The molecule has 0 aliphatic heterocycles. The van der Waals surface area contributed by atoms with Gasteiger partial charge in [-0.25, -0.2) is 5.43 Å². The van der Waals surface area contributed by atoms with Gasteiger partial charge in [0.05, 0.1) is 27.1 Å². The molecule has 1 aromatic heterocycles. The number of carbonyl (C=O) groups is 1. The Morgan fingerprint density at radius 2 is 2.14 bits per heavy atom. The Kier molecular flexibility index (Phi) is 6.46. The summed E-state index contributed by atoms with van der Waals surface area (Å²) in [5, 5.41) is 15.9. The quantitative estimate of drug-likeness (QED) is 0.307. The van der Waals surface area contributed by atoms with E-state index in [2.05, 4.69) is 10.5 Å². The summed E-state index contributed by atoms with van der Waals surface area (Å²) >= 11 is 7.47. The van der Waals surface area contributed by atoms with E-state index >= 15 is 0 Å². The van der Waals surface area contributed by atoms with Crippen molar-refractivity contribution in [2.24, 2.45) is 5.10 Å². The second-order valence-electron chi connectivity index (χ2n) is 6.32. The fraction of sp³-hybridized carbons (Fsp3) is 0.200. The summed E-state index contributed by atoms with van der Waals surface area (Å²) < 4.78 is 6.50. The highest BCUT2D eigenvalue weighted by atomic mass is 35.5. The number of nitrogens with one attached hydrogen (secondary N) is 1. The van der Waals surface area contributed by atoms with Crippen molar-refractivity contribution < 1.29 is 14.5 Å². The van der Waals surface area contributed by atoms with E-state index in [-0.39, 0.29) is 11.8 Å². The molecule has 1 unspecified atom stereocenters. The lowest BCUT2D eigenvalue weighted by Gasteiger charge is -2.13. The van der Waals surface area contributed by atoms with Gasteiger partial charge < -0.3 is 4.74 Å². The van der Waals surface area contributed by atoms with Crippen LogP contribution in [0.25, 0.3) is 10.1 Å². The summed E-state index contributed by atoms with van der Waals surface area (Å²) in [5.41, 5.74) is 3.15. The molecule has 1 N–H and O–H groups in total. The molecule has 7 nitrogen and oxygen atoms in total. The molecule has 0 saturated carbocycles. The minimum Gasteiger partial charge on any atom is -0.489 e. The van der Waals surface area contributed by atoms with E-state index in [1.165, 1.54) is 29.7 Å². The van der Waals surface area contributed by atoms with Gasteiger partial charge in [-0.1, -0.05) is 18.5 Å². The highest BCUT2D eigenvalue weighted by Gasteiger charge is 2.13. The van der Waals surface area contributed by atoms with E-state index in [1.54, 1.807) is 30.3 Å². The van der Waals surface area contributed by atoms with Crippen molar-refractivity contribution in [3.63, 3.8) is 0 Å². The van der Waals surface area contributed by atoms with Crippen LogP contribution in [0.1, 0.15) is 35.5 Å². The Bertz CT molecular complexity index is 1100. The molecule has 150 valence electrons. The summed E-state index contributed by atoms with van der Waals surface area (Å²) in [4.78, 5) is 23.1. The fourth-order valence-electron chi connectivity index (χ4n) is 2.47. The Morgan fingerprint density at radius 1 is 1.34 bits per heavy atom. The van der Waals surface area contributed by atoms with Gasteiger partial charge in [-0.2, -0.15) is 5.10 Å². The maximum absolute atomic E-state index is 12.3. The number of rotatable bonds is 7. The van der Waals surface area contributed by atoms with Crippen molar-refractivity contribution in [2.75, 3.05) is 0 Å². The largest absolute Gasteiger partial charge is 0.489 e. The number of non-ortho nitro benzene ring substituents is 1. The van der Waals surface area contributed by atoms with Crippen LogP contribution < -0.4 is 10.2 Å². The van der Waals surface area contributed by atoms with Gasteiger partial charge in [0.2, 0.25) is 0 Å². The number of benzene rings is 2. The predicted octanol–water partition coefficient (Wildman–Crippen LogP) is 5.40. The van der Waals surface area contributed by atoms with Crippen molar-refractivity contribution in [3.8, 4) is 5.75 Å².